The standard InChI is InChI=1S/C15H32N2O/c1-13(2)14-7-10-17(11-14)9-6-5-8-15(3,12-18)16-4/h13-14,16,18H,5-12H2,1-4H3. The fourth-order valence-electron chi connectivity index (χ4n) is 2.74. The van der Waals surface area contributed by atoms with Crippen molar-refractivity contribution in [3.63, 3.8) is 0 Å². The molecule has 0 aromatic carbocycles. The summed E-state index contributed by atoms with van der Waals surface area (Å²) in [6.45, 7) is 10.8. The van der Waals surface area contributed by atoms with Crippen molar-refractivity contribution in [2.24, 2.45) is 11.8 Å². The van der Waals surface area contributed by atoms with Gasteiger partial charge in [0.15, 0.2) is 0 Å². The molecule has 18 heavy (non-hydrogen) atoms. The van der Waals surface area contributed by atoms with Crippen molar-refractivity contribution in [3.8, 4) is 0 Å². The van der Waals surface area contributed by atoms with Crippen LogP contribution in [-0.2, 0) is 0 Å². The van der Waals surface area contributed by atoms with E-state index in [-0.39, 0.29) is 12.1 Å². The fourth-order valence-corrected chi connectivity index (χ4v) is 2.74. The Morgan fingerprint density at radius 1 is 1.39 bits per heavy atom. The maximum absolute atomic E-state index is 9.32. The molecule has 1 saturated heterocycles. The van der Waals surface area contributed by atoms with Crippen molar-refractivity contribution >= 4 is 0 Å². The van der Waals surface area contributed by atoms with Gasteiger partial charge >= 0.3 is 0 Å². The average molecular weight is 256 g/mol. The first kappa shape index (κ1) is 15.9. The zero-order valence-corrected chi connectivity index (χ0v) is 12.7. The van der Waals surface area contributed by atoms with Gasteiger partial charge in [-0.25, -0.2) is 0 Å². The van der Waals surface area contributed by atoms with Crippen molar-refractivity contribution in [2.75, 3.05) is 33.3 Å². The Bertz CT molecular complexity index is 227. The summed E-state index contributed by atoms with van der Waals surface area (Å²) < 4.78 is 0. The van der Waals surface area contributed by atoms with Gasteiger partial charge in [0.2, 0.25) is 0 Å². The molecule has 1 rings (SSSR count). The fraction of sp³-hybridized carbons (Fsp3) is 1.00. The van der Waals surface area contributed by atoms with E-state index in [9.17, 15) is 5.11 Å². The number of rotatable bonds is 8. The maximum atomic E-state index is 9.32. The summed E-state index contributed by atoms with van der Waals surface area (Å²) in [7, 11) is 1.93. The molecule has 0 radical (unpaired) electrons. The number of nitrogens with one attached hydrogen (secondary N) is 1. The molecule has 0 aromatic rings. The second-order valence-corrected chi connectivity index (χ2v) is 6.52. The Hall–Kier alpha value is -0.120. The molecule has 1 fully saturated rings. The molecule has 0 aromatic heterocycles. The number of likely N-dealkylation sites (N-methyl/N-ethyl adjacent to an activating group) is 1. The quantitative estimate of drug-likeness (QED) is 0.653. The Kier molecular flexibility index (Phi) is 6.61. The number of hydrogen-bond donors (Lipinski definition) is 2. The van der Waals surface area contributed by atoms with E-state index in [0.717, 1.165) is 18.3 Å². The lowest BCUT2D eigenvalue weighted by Gasteiger charge is -2.27. The molecule has 3 heteroatoms. The Labute approximate surface area is 113 Å². The van der Waals surface area contributed by atoms with Gasteiger partial charge in [0.25, 0.3) is 0 Å². The van der Waals surface area contributed by atoms with Crippen LogP contribution in [0.3, 0.4) is 0 Å². The highest BCUT2D eigenvalue weighted by atomic mass is 16.3. The minimum Gasteiger partial charge on any atom is -0.394 e. The van der Waals surface area contributed by atoms with Crippen LogP contribution in [0, 0.1) is 11.8 Å². The third-order valence-corrected chi connectivity index (χ3v) is 4.66. The van der Waals surface area contributed by atoms with Gasteiger partial charge in [-0.15, -0.1) is 0 Å². The van der Waals surface area contributed by atoms with E-state index < -0.39 is 0 Å². The number of likely N-dealkylation sites (tertiary alicyclic amines) is 1. The Balaban J connectivity index is 2.12. The van der Waals surface area contributed by atoms with Crippen molar-refractivity contribution in [1.82, 2.24) is 10.2 Å². The van der Waals surface area contributed by atoms with E-state index in [1.807, 2.05) is 7.05 Å². The zero-order valence-electron chi connectivity index (χ0n) is 12.7. The normalized spacial score (nSPS) is 24.7. The van der Waals surface area contributed by atoms with Crippen molar-refractivity contribution in [3.05, 3.63) is 0 Å². The first-order chi connectivity index (χ1) is 8.50. The molecule has 3 nitrogen and oxygen atoms in total. The largest absolute Gasteiger partial charge is 0.394 e. The van der Waals surface area contributed by atoms with Crippen LogP contribution in [0.1, 0.15) is 46.5 Å². The monoisotopic (exact) mass is 256 g/mol. The maximum Gasteiger partial charge on any atom is 0.0610 e. The molecule has 1 aliphatic heterocycles. The predicted molar refractivity (Wildman–Crippen MR) is 77.8 cm³/mol. The van der Waals surface area contributed by atoms with Crippen molar-refractivity contribution in [2.45, 2.75) is 52.0 Å². The molecular weight excluding hydrogens is 224 g/mol. The number of unbranched alkanes of at least 4 members (excludes halogenated alkanes) is 1. The van der Waals surface area contributed by atoms with E-state index in [1.165, 1.54) is 38.9 Å². The first-order valence-corrected chi connectivity index (χ1v) is 7.53. The molecule has 1 aliphatic rings. The molecule has 1 heterocycles. The highest BCUT2D eigenvalue weighted by Gasteiger charge is 2.24. The van der Waals surface area contributed by atoms with Gasteiger partial charge in [0, 0.05) is 12.1 Å². The number of hydrogen-bond acceptors (Lipinski definition) is 3. The minimum absolute atomic E-state index is 0.0918. The number of aliphatic hydroxyl groups excluding tert-OH is 1. The van der Waals surface area contributed by atoms with Gasteiger partial charge in [-0.05, 0) is 58.2 Å². The molecule has 2 N–H and O–H groups in total. The second-order valence-electron chi connectivity index (χ2n) is 6.52. The van der Waals surface area contributed by atoms with E-state index in [1.54, 1.807) is 0 Å². The van der Waals surface area contributed by atoms with Crippen LogP contribution in [0.5, 0.6) is 0 Å². The van der Waals surface area contributed by atoms with E-state index in [2.05, 4.69) is 31.0 Å². The lowest BCUT2D eigenvalue weighted by Crippen LogP contribution is -2.43. The van der Waals surface area contributed by atoms with Crippen LogP contribution in [-0.4, -0.2) is 48.8 Å². The second kappa shape index (κ2) is 7.46. The molecule has 0 saturated carbocycles. The smallest absolute Gasteiger partial charge is 0.0610 e. The van der Waals surface area contributed by atoms with Gasteiger partial charge in [-0.2, -0.15) is 0 Å². The molecule has 0 aliphatic carbocycles. The average Bonchev–Trinajstić information content (AvgIpc) is 2.83. The molecule has 2 atom stereocenters. The van der Waals surface area contributed by atoms with E-state index >= 15 is 0 Å². The van der Waals surface area contributed by atoms with Crippen molar-refractivity contribution < 1.29 is 5.11 Å². The van der Waals surface area contributed by atoms with Crippen LogP contribution in [0.4, 0.5) is 0 Å². The predicted octanol–water partition coefficient (Wildman–Crippen LogP) is 2.10. The molecular formula is C15H32N2O. The first-order valence-electron chi connectivity index (χ1n) is 7.53. The summed E-state index contributed by atoms with van der Waals surface area (Å²) >= 11 is 0. The summed E-state index contributed by atoms with van der Waals surface area (Å²) in [6, 6.07) is 0. The van der Waals surface area contributed by atoms with Gasteiger partial charge in [-0.3, -0.25) is 0 Å². The SMILES string of the molecule is CNC(C)(CO)CCCCN1CCC(C(C)C)C1. The zero-order chi connectivity index (χ0) is 13.6. The van der Waals surface area contributed by atoms with Gasteiger partial charge < -0.3 is 15.3 Å². The van der Waals surface area contributed by atoms with Gasteiger partial charge in [-0.1, -0.05) is 20.3 Å². The highest BCUT2D eigenvalue weighted by molar-refractivity contribution is 4.81. The molecule has 108 valence electrons. The third-order valence-electron chi connectivity index (χ3n) is 4.66. The Morgan fingerprint density at radius 3 is 2.61 bits per heavy atom. The third kappa shape index (κ3) is 4.87. The van der Waals surface area contributed by atoms with Crippen LogP contribution in [0.15, 0.2) is 0 Å². The summed E-state index contributed by atoms with van der Waals surface area (Å²) in [5, 5.41) is 12.5. The number of aliphatic hydroxyl groups is 1. The van der Waals surface area contributed by atoms with Crippen LogP contribution in [0.25, 0.3) is 0 Å². The lowest BCUT2D eigenvalue weighted by molar-refractivity contribution is 0.169. The lowest BCUT2D eigenvalue weighted by atomic mass is 9.95. The molecule has 0 amide bonds. The topological polar surface area (TPSA) is 35.5 Å². The molecule has 0 bridgehead atoms. The van der Waals surface area contributed by atoms with Gasteiger partial charge in [0.05, 0.1) is 6.61 Å². The van der Waals surface area contributed by atoms with Crippen LogP contribution < -0.4 is 5.32 Å². The summed E-state index contributed by atoms with van der Waals surface area (Å²) in [5.74, 6) is 1.74. The summed E-state index contributed by atoms with van der Waals surface area (Å²) in [4.78, 5) is 2.61. The van der Waals surface area contributed by atoms with Crippen LogP contribution in [0.2, 0.25) is 0 Å². The summed E-state index contributed by atoms with van der Waals surface area (Å²) in [6.07, 6.45) is 4.88. The number of nitrogens with zero attached hydrogens (tertiary/aromatic N) is 1. The molecule has 0 spiro atoms. The highest BCUT2D eigenvalue weighted by Crippen LogP contribution is 2.24. The van der Waals surface area contributed by atoms with E-state index in [0.29, 0.717) is 0 Å². The molecule has 2 unspecified atom stereocenters. The minimum atomic E-state index is -0.0918. The van der Waals surface area contributed by atoms with Crippen LogP contribution >= 0.6 is 0 Å². The Morgan fingerprint density at radius 2 is 2.11 bits per heavy atom. The van der Waals surface area contributed by atoms with Gasteiger partial charge in [0.1, 0.15) is 0 Å². The van der Waals surface area contributed by atoms with E-state index in [4.69, 9.17) is 0 Å². The summed E-state index contributed by atoms with van der Waals surface area (Å²) in [5.41, 5.74) is -0.0918. The van der Waals surface area contributed by atoms with Crippen molar-refractivity contribution in [1.29, 1.82) is 0 Å².